The number of pyridine rings is 1. The third-order valence-corrected chi connectivity index (χ3v) is 6.06. The summed E-state index contributed by atoms with van der Waals surface area (Å²) in [5.74, 6) is 0.470. The molecule has 0 aliphatic carbocycles. The topological polar surface area (TPSA) is 26.0 Å². The van der Waals surface area contributed by atoms with Gasteiger partial charge in [-0.3, -0.25) is 4.98 Å². The SMILES string of the molecule is Cc1cnc(-c2cccc3c2oc2c3ccc3ccsc32)cc1C(C)C. The van der Waals surface area contributed by atoms with E-state index < -0.39 is 0 Å². The van der Waals surface area contributed by atoms with Crippen molar-refractivity contribution in [2.75, 3.05) is 0 Å². The molecule has 0 unspecified atom stereocenters. The Bertz CT molecular complexity index is 1280. The Morgan fingerprint density at radius 3 is 2.69 bits per heavy atom. The molecule has 0 aliphatic heterocycles. The highest BCUT2D eigenvalue weighted by molar-refractivity contribution is 7.18. The van der Waals surface area contributed by atoms with Crippen molar-refractivity contribution in [2.24, 2.45) is 0 Å². The Balaban J connectivity index is 1.84. The van der Waals surface area contributed by atoms with Crippen LogP contribution in [-0.4, -0.2) is 4.98 Å². The second-order valence-electron chi connectivity index (χ2n) is 7.15. The van der Waals surface area contributed by atoms with E-state index >= 15 is 0 Å². The normalized spacial score (nSPS) is 12.0. The van der Waals surface area contributed by atoms with Crippen molar-refractivity contribution in [1.29, 1.82) is 0 Å². The molecule has 2 aromatic carbocycles. The van der Waals surface area contributed by atoms with Gasteiger partial charge in [0.1, 0.15) is 5.58 Å². The lowest BCUT2D eigenvalue weighted by atomic mass is 9.97. The molecule has 0 aliphatic rings. The number of aromatic nitrogens is 1. The molecule has 0 fully saturated rings. The molecule has 0 atom stereocenters. The predicted molar refractivity (Wildman–Crippen MR) is 111 cm³/mol. The summed E-state index contributed by atoms with van der Waals surface area (Å²) < 4.78 is 7.62. The minimum absolute atomic E-state index is 0.470. The van der Waals surface area contributed by atoms with E-state index in [1.54, 1.807) is 11.3 Å². The first-order chi connectivity index (χ1) is 12.6. The quantitative estimate of drug-likeness (QED) is 0.331. The second kappa shape index (κ2) is 5.68. The molecular weight excluding hydrogens is 338 g/mol. The number of para-hydroxylation sites is 1. The Morgan fingerprint density at radius 2 is 1.85 bits per heavy atom. The van der Waals surface area contributed by atoms with Gasteiger partial charge in [0.25, 0.3) is 0 Å². The summed E-state index contributed by atoms with van der Waals surface area (Å²) in [6.07, 6.45) is 1.98. The molecule has 0 saturated carbocycles. The number of fused-ring (bicyclic) bond motifs is 5. The number of aryl methyl sites for hydroxylation is 1. The summed E-state index contributed by atoms with van der Waals surface area (Å²) in [7, 11) is 0. The molecule has 26 heavy (non-hydrogen) atoms. The van der Waals surface area contributed by atoms with E-state index in [1.165, 1.54) is 26.6 Å². The fourth-order valence-electron chi connectivity index (χ4n) is 3.79. The number of rotatable bonds is 2. The molecule has 0 N–H and O–H groups in total. The van der Waals surface area contributed by atoms with Gasteiger partial charge < -0.3 is 4.42 Å². The van der Waals surface area contributed by atoms with Crippen molar-refractivity contribution in [3.05, 3.63) is 65.2 Å². The van der Waals surface area contributed by atoms with Crippen molar-refractivity contribution in [3.8, 4) is 11.3 Å². The standard InChI is InChI=1S/C23H19NOS/c1-13(2)19-11-20(24-12-14(19)3)18-6-4-5-16-17-8-7-15-9-10-26-23(15)22(17)25-21(16)18/h4-13H,1-3H3. The maximum atomic E-state index is 6.41. The fraction of sp³-hybridized carbons (Fsp3) is 0.174. The third kappa shape index (κ3) is 2.20. The molecular formula is C23H19NOS. The Hall–Kier alpha value is -2.65. The van der Waals surface area contributed by atoms with Crippen LogP contribution in [0.15, 0.2) is 58.5 Å². The first-order valence-corrected chi connectivity index (χ1v) is 9.80. The molecule has 2 nitrogen and oxygen atoms in total. The predicted octanol–water partition coefficient (Wildman–Crippen LogP) is 7.29. The molecule has 3 heterocycles. The van der Waals surface area contributed by atoms with Crippen molar-refractivity contribution in [1.82, 2.24) is 4.98 Å². The van der Waals surface area contributed by atoms with Crippen LogP contribution in [0.2, 0.25) is 0 Å². The van der Waals surface area contributed by atoms with Crippen LogP contribution in [-0.2, 0) is 0 Å². The van der Waals surface area contributed by atoms with E-state index in [0.29, 0.717) is 5.92 Å². The summed E-state index contributed by atoms with van der Waals surface area (Å²) in [5, 5.41) is 5.68. The Labute approximate surface area is 156 Å². The summed E-state index contributed by atoms with van der Waals surface area (Å²) in [6, 6.07) is 15.0. The number of benzene rings is 2. The molecule has 0 amide bonds. The maximum Gasteiger partial charge on any atom is 0.153 e. The Kier molecular flexibility index (Phi) is 3.41. The fourth-order valence-corrected chi connectivity index (χ4v) is 4.67. The van der Waals surface area contributed by atoms with Crippen LogP contribution in [0.25, 0.3) is 43.3 Å². The third-order valence-electron chi connectivity index (χ3n) is 5.13. The van der Waals surface area contributed by atoms with Crippen molar-refractivity contribution < 1.29 is 4.42 Å². The highest BCUT2D eigenvalue weighted by Crippen LogP contribution is 2.40. The van der Waals surface area contributed by atoms with Gasteiger partial charge in [0.15, 0.2) is 5.58 Å². The van der Waals surface area contributed by atoms with E-state index in [4.69, 9.17) is 9.40 Å². The molecule has 0 saturated heterocycles. The van der Waals surface area contributed by atoms with E-state index in [-0.39, 0.29) is 0 Å². The van der Waals surface area contributed by atoms with Crippen LogP contribution in [0.1, 0.15) is 30.9 Å². The van der Waals surface area contributed by atoms with Gasteiger partial charge in [0, 0.05) is 22.5 Å². The van der Waals surface area contributed by atoms with Crippen LogP contribution in [0, 0.1) is 6.92 Å². The zero-order valence-electron chi connectivity index (χ0n) is 15.0. The first-order valence-electron chi connectivity index (χ1n) is 8.92. The van der Waals surface area contributed by atoms with Crippen molar-refractivity contribution in [3.63, 3.8) is 0 Å². The lowest BCUT2D eigenvalue weighted by Gasteiger charge is -2.11. The molecule has 3 heteroatoms. The van der Waals surface area contributed by atoms with Gasteiger partial charge in [-0.25, -0.2) is 0 Å². The smallest absolute Gasteiger partial charge is 0.153 e. The summed E-state index contributed by atoms with van der Waals surface area (Å²) >= 11 is 1.73. The van der Waals surface area contributed by atoms with E-state index in [2.05, 4.69) is 68.6 Å². The largest absolute Gasteiger partial charge is 0.454 e. The van der Waals surface area contributed by atoms with E-state index in [9.17, 15) is 0 Å². The van der Waals surface area contributed by atoms with Gasteiger partial charge >= 0.3 is 0 Å². The first kappa shape index (κ1) is 15.6. The van der Waals surface area contributed by atoms with Gasteiger partial charge in [0.2, 0.25) is 0 Å². The number of hydrogen-bond donors (Lipinski definition) is 0. The van der Waals surface area contributed by atoms with Gasteiger partial charge in [-0.1, -0.05) is 32.0 Å². The number of thiophene rings is 1. The lowest BCUT2D eigenvalue weighted by Crippen LogP contribution is -1.95. The molecule has 0 bridgehead atoms. The maximum absolute atomic E-state index is 6.41. The Morgan fingerprint density at radius 1 is 1.00 bits per heavy atom. The minimum Gasteiger partial charge on any atom is -0.454 e. The molecule has 5 rings (SSSR count). The van der Waals surface area contributed by atoms with Crippen LogP contribution in [0.3, 0.4) is 0 Å². The zero-order valence-corrected chi connectivity index (χ0v) is 15.9. The zero-order chi connectivity index (χ0) is 17.8. The average Bonchev–Trinajstić information content (AvgIpc) is 3.25. The minimum atomic E-state index is 0.470. The van der Waals surface area contributed by atoms with Gasteiger partial charge in [-0.2, -0.15) is 0 Å². The monoisotopic (exact) mass is 357 g/mol. The molecule has 0 spiro atoms. The summed E-state index contributed by atoms with van der Waals surface area (Å²) in [4.78, 5) is 4.71. The highest BCUT2D eigenvalue weighted by Gasteiger charge is 2.16. The average molecular weight is 357 g/mol. The van der Waals surface area contributed by atoms with Crippen LogP contribution in [0.4, 0.5) is 0 Å². The van der Waals surface area contributed by atoms with E-state index in [1.807, 2.05) is 6.20 Å². The van der Waals surface area contributed by atoms with Gasteiger partial charge in [0.05, 0.1) is 10.4 Å². The van der Waals surface area contributed by atoms with Crippen LogP contribution < -0.4 is 0 Å². The second-order valence-corrected chi connectivity index (χ2v) is 8.06. The number of furan rings is 1. The molecule has 128 valence electrons. The van der Waals surface area contributed by atoms with Crippen molar-refractivity contribution >= 4 is 43.4 Å². The summed E-state index contributed by atoms with van der Waals surface area (Å²) in [6.45, 7) is 6.57. The number of nitrogens with zero attached hydrogens (tertiary/aromatic N) is 1. The summed E-state index contributed by atoms with van der Waals surface area (Å²) in [5.41, 5.74) is 6.52. The van der Waals surface area contributed by atoms with Crippen molar-refractivity contribution in [2.45, 2.75) is 26.7 Å². The van der Waals surface area contributed by atoms with Crippen LogP contribution >= 0.6 is 11.3 Å². The lowest BCUT2D eigenvalue weighted by molar-refractivity contribution is 0.674. The van der Waals surface area contributed by atoms with Gasteiger partial charge in [-0.05, 0) is 59.0 Å². The molecule has 3 aromatic heterocycles. The van der Waals surface area contributed by atoms with E-state index in [0.717, 1.165) is 27.8 Å². The van der Waals surface area contributed by atoms with Crippen LogP contribution in [0.5, 0.6) is 0 Å². The number of hydrogen-bond acceptors (Lipinski definition) is 3. The molecule has 5 aromatic rings. The van der Waals surface area contributed by atoms with Gasteiger partial charge in [-0.15, -0.1) is 11.3 Å². The highest BCUT2D eigenvalue weighted by atomic mass is 32.1. The molecule has 0 radical (unpaired) electrons.